The molecule has 5 aromatic rings. The molecule has 3 amide bonds. The second-order valence-corrected chi connectivity index (χ2v) is 12.3. The predicted octanol–water partition coefficient (Wildman–Crippen LogP) is 8.25. The fraction of sp³-hybridized carbons (Fsp3) is 0.103. The minimum absolute atomic E-state index is 0.0491. The molecule has 0 spiro atoms. The van der Waals surface area contributed by atoms with Crippen molar-refractivity contribution in [2.45, 2.75) is 10.1 Å². The molecule has 0 aliphatic heterocycles. The van der Waals surface area contributed by atoms with E-state index >= 15 is 0 Å². The highest BCUT2D eigenvalue weighted by Gasteiger charge is 2.23. The van der Waals surface area contributed by atoms with Crippen molar-refractivity contribution in [1.82, 2.24) is 5.32 Å². The van der Waals surface area contributed by atoms with Gasteiger partial charge < -0.3 is 30.2 Å². The molecule has 3 N–H and O–H groups in total. The third kappa shape index (κ3) is 9.25. The number of carbonyl (C=O) groups excluding carboxylic acids is 3. The quantitative estimate of drug-likeness (QED) is 0.0834. The number of carbonyl (C=O) groups is 3. The van der Waals surface area contributed by atoms with E-state index in [9.17, 15) is 14.4 Å². The van der Waals surface area contributed by atoms with Crippen LogP contribution in [0.4, 0.5) is 11.4 Å². The van der Waals surface area contributed by atoms with Gasteiger partial charge in [0.2, 0.25) is 5.91 Å². The van der Waals surface area contributed by atoms with E-state index in [1.165, 1.54) is 39.2 Å². The first-order valence-corrected chi connectivity index (χ1v) is 16.6. The van der Waals surface area contributed by atoms with Crippen LogP contribution in [-0.4, -0.2) is 39.1 Å². The van der Waals surface area contributed by atoms with Crippen molar-refractivity contribution in [1.29, 1.82) is 0 Å². The monoisotopic (exact) mass is 707 g/mol. The predicted molar refractivity (Wildman–Crippen MR) is 198 cm³/mol. The Bertz CT molecular complexity index is 1990. The van der Waals surface area contributed by atoms with Gasteiger partial charge >= 0.3 is 0 Å². The Morgan fingerprint density at radius 3 is 1.98 bits per heavy atom. The lowest BCUT2D eigenvalue weighted by molar-refractivity contribution is -0.116. The summed E-state index contributed by atoms with van der Waals surface area (Å²) in [6.07, 6.45) is 1.50. The van der Waals surface area contributed by atoms with E-state index in [1.54, 1.807) is 84.9 Å². The van der Waals surface area contributed by atoms with Crippen molar-refractivity contribution in [3.63, 3.8) is 0 Å². The van der Waals surface area contributed by atoms with Crippen molar-refractivity contribution in [2.75, 3.05) is 32.0 Å². The molecular formula is C39H34ClN3O6S. The van der Waals surface area contributed by atoms with E-state index < -0.39 is 17.1 Å². The molecule has 11 heteroatoms. The Morgan fingerprint density at radius 2 is 1.32 bits per heavy atom. The lowest BCUT2D eigenvalue weighted by atomic mass is 10.1. The molecule has 0 aliphatic rings. The molecule has 1 unspecified atom stereocenters. The van der Waals surface area contributed by atoms with E-state index in [1.807, 2.05) is 36.4 Å². The van der Waals surface area contributed by atoms with Crippen molar-refractivity contribution < 1.29 is 28.6 Å². The van der Waals surface area contributed by atoms with Crippen molar-refractivity contribution in [3.05, 3.63) is 149 Å². The zero-order chi connectivity index (χ0) is 35.5. The summed E-state index contributed by atoms with van der Waals surface area (Å²) in [6, 6.07) is 35.3. The van der Waals surface area contributed by atoms with E-state index in [0.29, 0.717) is 44.8 Å². The number of halogens is 1. The molecule has 0 saturated heterocycles. The molecule has 50 heavy (non-hydrogen) atoms. The van der Waals surface area contributed by atoms with Crippen LogP contribution in [0.5, 0.6) is 17.2 Å². The number of thioether (sulfide) groups is 1. The molecule has 0 radical (unpaired) electrons. The number of benzene rings is 5. The standard InChI is InChI=1S/C39H34ClN3O6S/c1-47-33-24-35(49-3)34(48-2)22-27(33)21-32(43-37(44)26-13-8-5-9-14-26)38(45)42-30-15-10-16-31(23-30)50-36(25-11-6-4-7-12-25)39(46)41-29-19-17-28(40)18-20-29/h4-24,36H,1-3H3,(H,41,46)(H,42,45)(H,43,44)/b32-21+. The maximum Gasteiger partial charge on any atom is 0.272 e. The summed E-state index contributed by atoms with van der Waals surface area (Å²) in [5.41, 5.74) is 2.65. The maximum atomic E-state index is 13.9. The number of hydrogen-bond donors (Lipinski definition) is 3. The van der Waals surface area contributed by atoms with Crippen LogP contribution in [0.2, 0.25) is 5.02 Å². The molecule has 1 atom stereocenters. The Labute approximate surface area is 299 Å². The SMILES string of the molecule is COc1cc(OC)c(OC)cc1/C=C(/NC(=O)c1ccccc1)C(=O)Nc1cccc(SC(C(=O)Nc2ccc(Cl)cc2)c2ccccc2)c1. The average molecular weight is 708 g/mol. The van der Waals surface area contributed by atoms with Crippen LogP contribution in [0.25, 0.3) is 6.08 Å². The minimum atomic E-state index is -0.615. The molecule has 5 aromatic carbocycles. The summed E-state index contributed by atoms with van der Waals surface area (Å²) in [6.45, 7) is 0. The first-order valence-electron chi connectivity index (χ1n) is 15.4. The van der Waals surface area contributed by atoms with Gasteiger partial charge in [0.05, 0.1) is 21.3 Å². The molecular weight excluding hydrogens is 674 g/mol. The van der Waals surface area contributed by atoms with Crippen LogP contribution in [0.1, 0.15) is 26.7 Å². The van der Waals surface area contributed by atoms with Gasteiger partial charge in [0.15, 0.2) is 11.5 Å². The molecule has 0 aromatic heterocycles. The van der Waals surface area contributed by atoms with Gasteiger partial charge in [-0.2, -0.15) is 0 Å². The fourth-order valence-corrected chi connectivity index (χ4v) is 6.10. The van der Waals surface area contributed by atoms with Crippen molar-refractivity contribution >= 4 is 58.5 Å². The number of methoxy groups -OCH3 is 3. The van der Waals surface area contributed by atoms with Gasteiger partial charge in [-0.25, -0.2) is 0 Å². The van der Waals surface area contributed by atoms with Crippen LogP contribution >= 0.6 is 23.4 Å². The topological polar surface area (TPSA) is 115 Å². The minimum Gasteiger partial charge on any atom is -0.496 e. The molecule has 0 bridgehead atoms. The van der Waals surface area contributed by atoms with Crippen molar-refractivity contribution in [2.24, 2.45) is 0 Å². The molecule has 0 aliphatic carbocycles. The second-order valence-electron chi connectivity index (χ2n) is 10.7. The zero-order valence-corrected chi connectivity index (χ0v) is 29.0. The second kappa shape index (κ2) is 17.1. The summed E-state index contributed by atoms with van der Waals surface area (Å²) in [5, 5.41) is 8.55. The van der Waals surface area contributed by atoms with Gasteiger partial charge in [-0.3, -0.25) is 14.4 Å². The number of amides is 3. The van der Waals surface area contributed by atoms with Gasteiger partial charge in [0, 0.05) is 38.5 Å². The summed E-state index contributed by atoms with van der Waals surface area (Å²) >= 11 is 7.36. The maximum absolute atomic E-state index is 13.9. The number of anilines is 2. The average Bonchev–Trinajstić information content (AvgIpc) is 3.15. The van der Waals surface area contributed by atoms with Crippen LogP contribution in [-0.2, 0) is 9.59 Å². The smallest absolute Gasteiger partial charge is 0.272 e. The molecule has 0 fully saturated rings. The van der Waals surface area contributed by atoms with Gasteiger partial charge in [0.25, 0.3) is 11.8 Å². The Balaban J connectivity index is 1.43. The molecule has 0 heterocycles. The fourth-order valence-electron chi connectivity index (χ4n) is 4.89. The first kappa shape index (κ1) is 35.6. The zero-order valence-electron chi connectivity index (χ0n) is 27.4. The number of rotatable bonds is 13. The van der Waals surface area contributed by atoms with Crippen molar-refractivity contribution in [3.8, 4) is 17.2 Å². The lowest BCUT2D eigenvalue weighted by Gasteiger charge is -2.18. The Morgan fingerprint density at radius 1 is 0.680 bits per heavy atom. The first-order chi connectivity index (χ1) is 24.3. The number of ether oxygens (including phenoxy) is 3. The van der Waals surface area contributed by atoms with E-state index in [0.717, 1.165) is 10.5 Å². The van der Waals surface area contributed by atoms with E-state index in [4.69, 9.17) is 25.8 Å². The van der Waals surface area contributed by atoms with Gasteiger partial charge in [-0.05, 0) is 72.3 Å². The number of hydrogen-bond acceptors (Lipinski definition) is 7. The highest BCUT2D eigenvalue weighted by Crippen LogP contribution is 2.38. The third-order valence-corrected chi connectivity index (χ3v) is 8.86. The normalized spacial score (nSPS) is 11.6. The van der Waals surface area contributed by atoms with Crippen LogP contribution in [0.3, 0.4) is 0 Å². The Kier molecular flexibility index (Phi) is 12.2. The molecule has 9 nitrogen and oxygen atoms in total. The summed E-state index contributed by atoms with van der Waals surface area (Å²) in [5.74, 6) is -0.0568. The summed E-state index contributed by atoms with van der Waals surface area (Å²) < 4.78 is 16.4. The van der Waals surface area contributed by atoms with Crippen LogP contribution < -0.4 is 30.2 Å². The van der Waals surface area contributed by atoms with E-state index in [-0.39, 0.29) is 11.6 Å². The third-order valence-electron chi connectivity index (χ3n) is 7.36. The van der Waals surface area contributed by atoms with Crippen LogP contribution in [0.15, 0.2) is 132 Å². The summed E-state index contributed by atoms with van der Waals surface area (Å²) in [4.78, 5) is 41.4. The summed E-state index contributed by atoms with van der Waals surface area (Å²) in [7, 11) is 4.49. The van der Waals surface area contributed by atoms with Gasteiger partial charge in [-0.15, -0.1) is 11.8 Å². The number of nitrogens with one attached hydrogen (secondary N) is 3. The highest BCUT2D eigenvalue weighted by molar-refractivity contribution is 8.00. The van der Waals surface area contributed by atoms with E-state index in [2.05, 4.69) is 16.0 Å². The van der Waals surface area contributed by atoms with Gasteiger partial charge in [-0.1, -0.05) is 66.2 Å². The molecule has 254 valence electrons. The molecule has 5 rings (SSSR count). The molecule has 0 saturated carbocycles. The lowest BCUT2D eigenvalue weighted by Crippen LogP contribution is -2.30. The highest BCUT2D eigenvalue weighted by atomic mass is 35.5. The largest absolute Gasteiger partial charge is 0.496 e. The van der Waals surface area contributed by atoms with Gasteiger partial charge in [0.1, 0.15) is 16.7 Å². The van der Waals surface area contributed by atoms with Crippen LogP contribution in [0, 0.1) is 0 Å². The Hall–Kier alpha value is -5.71.